The molecule has 0 radical (unpaired) electrons. The summed E-state index contributed by atoms with van der Waals surface area (Å²) in [5.74, 6) is -0.772. The molecular weight excluding hydrogens is 464 g/mol. The molecule has 1 amide bonds. The van der Waals surface area contributed by atoms with Gasteiger partial charge in [-0.3, -0.25) is 9.59 Å². The van der Waals surface area contributed by atoms with Crippen molar-refractivity contribution in [2.45, 2.75) is 33.4 Å². The number of carbonyl (C=O) groups excluding carboxylic acids is 2. The van der Waals surface area contributed by atoms with Crippen LogP contribution in [0.1, 0.15) is 42.1 Å². The number of likely N-dealkylation sites (N-methyl/N-ethyl adjacent to an activating group) is 1. The topological polar surface area (TPSA) is 70.1 Å². The van der Waals surface area contributed by atoms with Gasteiger partial charge in [-0.2, -0.15) is 0 Å². The molecule has 1 aliphatic heterocycles. The number of likely N-dealkylation sites (tertiary alicyclic amines) is 1. The van der Waals surface area contributed by atoms with E-state index in [1.54, 1.807) is 29.2 Å². The molecule has 6 nitrogen and oxygen atoms in total. The van der Waals surface area contributed by atoms with Gasteiger partial charge in [-0.25, -0.2) is 0 Å². The van der Waals surface area contributed by atoms with Crippen LogP contribution in [0.25, 0.3) is 5.76 Å². The van der Waals surface area contributed by atoms with Crippen LogP contribution in [0.4, 0.5) is 0 Å². The summed E-state index contributed by atoms with van der Waals surface area (Å²) < 4.78 is 5.90. The Kier molecular flexibility index (Phi) is 8.41. The highest BCUT2D eigenvalue weighted by atomic mass is 16.5. The van der Waals surface area contributed by atoms with E-state index in [2.05, 4.69) is 24.8 Å². The number of carbonyl (C=O) groups is 2. The van der Waals surface area contributed by atoms with Gasteiger partial charge in [-0.05, 0) is 55.4 Å². The normalized spacial score (nSPS) is 17.0. The quantitative estimate of drug-likeness (QED) is 0.232. The summed E-state index contributed by atoms with van der Waals surface area (Å²) in [6, 6.07) is 23.8. The first-order chi connectivity index (χ1) is 17.9. The third-order valence-corrected chi connectivity index (χ3v) is 6.82. The largest absolute Gasteiger partial charge is 0.507 e. The van der Waals surface area contributed by atoms with Gasteiger partial charge in [-0.15, -0.1) is 0 Å². The highest BCUT2D eigenvalue weighted by Gasteiger charge is 2.45. The summed E-state index contributed by atoms with van der Waals surface area (Å²) in [7, 11) is 0. The molecule has 4 rings (SSSR count). The smallest absolute Gasteiger partial charge is 0.295 e. The summed E-state index contributed by atoms with van der Waals surface area (Å²) >= 11 is 0. The van der Waals surface area contributed by atoms with Crippen molar-refractivity contribution in [2.75, 3.05) is 26.2 Å². The van der Waals surface area contributed by atoms with Gasteiger partial charge in [-0.1, -0.05) is 74.0 Å². The number of hydrogen-bond donors (Lipinski definition) is 1. The lowest BCUT2D eigenvalue weighted by atomic mass is 9.95. The average molecular weight is 499 g/mol. The van der Waals surface area contributed by atoms with Gasteiger partial charge in [0.15, 0.2) is 0 Å². The average Bonchev–Trinajstić information content (AvgIpc) is 3.18. The molecule has 3 aromatic carbocycles. The van der Waals surface area contributed by atoms with Crippen LogP contribution in [0.5, 0.6) is 5.75 Å². The zero-order valence-corrected chi connectivity index (χ0v) is 21.7. The Balaban J connectivity index is 1.61. The maximum Gasteiger partial charge on any atom is 0.295 e. The van der Waals surface area contributed by atoms with E-state index >= 15 is 0 Å². The fourth-order valence-corrected chi connectivity index (χ4v) is 4.71. The van der Waals surface area contributed by atoms with Crippen molar-refractivity contribution in [3.63, 3.8) is 0 Å². The van der Waals surface area contributed by atoms with E-state index in [9.17, 15) is 14.7 Å². The first-order valence-corrected chi connectivity index (χ1v) is 12.8. The Bertz CT molecular complexity index is 1260. The van der Waals surface area contributed by atoms with Crippen molar-refractivity contribution in [1.82, 2.24) is 9.80 Å². The van der Waals surface area contributed by atoms with Crippen LogP contribution in [0, 0.1) is 6.92 Å². The lowest BCUT2D eigenvalue weighted by Crippen LogP contribution is -2.38. The van der Waals surface area contributed by atoms with E-state index in [4.69, 9.17) is 4.74 Å². The Morgan fingerprint density at radius 3 is 2.30 bits per heavy atom. The Morgan fingerprint density at radius 1 is 0.946 bits per heavy atom. The molecule has 6 heteroatoms. The van der Waals surface area contributed by atoms with Crippen molar-refractivity contribution in [2.24, 2.45) is 0 Å². The predicted octanol–water partition coefficient (Wildman–Crippen LogP) is 5.34. The highest BCUT2D eigenvalue weighted by molar-refractivity contribution is 6.46. The number of ether oxygens (including phenoxy) is 1. The molecule has 0 aromatic heterocycles. The number of aliphatic hydroxyl groups excluding tert-OH is 1. The minimum atomic E-state index is -0.661. The van der Waals surface area contributed by atoms with Crippen molar-refractivity contribution < 1.29 is 19.4 Å². The van der Waals surface area contributed by atoms with E-state index in [0.717, 1.165) is 24.2 Å². The second-order valence-corrected chi connectivity index (χ2v) is 9.23. The first-order valence-electron chi connectivity index (χ1n) is 12.8. The molecule has 0 bridgehead atoms. The fraction of sp³-hybridized carbons (Fsp3) is 0.290. The number of Topliss-reactive ketones (excluding diaryl/α,β-unsaturated/α-hetero) is 1. The summed E-state index contributed by atoms with van der Waals surface area (Å²) in [5, 5.41) is 11.3. The number of benzene rings is 3. The molecule has 37 heavy (non-hydrogen) atoms. The summed E-state index contributed by atoms with van der Waals surface area (Å²) in [5.41, 5.74) is 3.61. The molecule has 1 heterocycles. The van der Waals surface area contributed by atoms with Crippen LogP contribution in [-0.4, -0.2) is 52.8 Å². The number of rotatable bonds is 10. The lowest BCUT2D eigenvalue weighted by molar-refractivity contribution is -0.140. The van der Waals surface area contributed by atoms with Gasteiger partial charge < -0.3 is 19.6 Å². The van der Waals surface area contributed by atoms with Gasteiger partial charge in [0.05, 0.1) is 11.6 Å². The third kappa shape index (κ3) is 5.92. The maximum atomic E-state index is 13.2. The number of ketones is 1. The number of aliphatic hydroxyl groups is 1. The van der Waals surface area contributed by atoms with Gasteiger partial charge >= 0.3 is 0 Å². The van der Waals surface area contributed by atoms with Gasteiger partial charge in [0.1, 0.15) is 18.1 Å². The predicted molar refractivity (Wildman–Crippen MR) is 145 cm³/mol. The van der Waals surface area contributed by atoms with Crippen LogP contribution >= 0.6 is 0 Å². The number of aryl methyl sites for hydroxylation is 1. The van der Waals surface area contributed by atoms with Crippen molar-refractivity contribution in [3.05, 3.63) is 107 Å². The van der Waals surface area contributed by atoms with Crippen LogP contribution in [0.15, 0.2) is 84.4 Å². The molecule has 0 unspecified atom stereocenters. The third-order valence-electron chi connectivity index (χ3n) is 6.82. The first kappa shape index (κ1) is 26.2. The van der Waals surface area contributed by atoms with Gasteiger partial charge in [0, 0.05) is 18.7 Å². The van der Waals surface area contributed by atoms with E-state index in [1.165, 1.54) is 5.56 Å². The number of amides is 1. The standard InChI is InChI=1S/C31H34N2O4/c1-4-32(5-2)18-19-33-28(24-12-7-6-8-13-24)27(30(35)31(33)36)29(34)25-14-16-26(17-15-25)37-21-23-11-9-10-22(3)20-23/h6-17,20,28,34H,4-5,18-19,21H2,1-3H3/b29-27+/t28-/m0/s1. The summed E-state index contributed by atoms with van der Waals surface area (Å²) in [4.78, 5) is 30.1. The maximum absolute atomic E-state index is 13.2. The van der Waals surface area contributed by atoms with E-state index < -0.39 is 17.7 Å². The van der Waals surface area contributed by atoms with E-state index in [1.807, 2.05) is 55.5 Å². The molecule has 1 N–H and O–H groups in total. The van der Waals surface area contributed by atoms with Crippen molar-refractivity contribution in [1.29, 1.82) is 0 Å². The number of nitrogens with zero attached hydrogens (tertiary/aromatic N) is 2. The second kappa shape index (κ2) is 11.9. The van der Waals surface area contributed by atoms with Crippen LogP contribution < -0.4 is 4.74 Å². The Labute approximate surface area is 218 Å². The summed E-state index contributed by atoms with van der Waals surface area (Å²) in [6.45, 7) is 9.37. The van der Waals surface area contributed by atoms with E-state index in [-0.39, 0.29) is 11.3 Å². The van der Waals surface area contributed by atoms with Gasteiger partial charge in [0.25, 0.3) is 11.7 Å². The van der Waals surface area contributed by atoms with Gasteiger partial charge in [0.2, 0.25) is 0 Å². The molecule has 192 valence electrons. The van der Waals surface area contributed by atoms with Crippen LogP contribution in [-0.2, 0) is 16.2 Å². The minimum absolute atomic E-state index is 0.115. The fourth-order valence-electron chi connectivity index (χ4n) is 4.71. The second-order valence-electron chi connectivity index (χ2n) is 9.23. The summed E-state index contributed by atoms with van der Waals surface area (Å²) in [6.07, 6.45) is 0. The molecule has 0 aliphatic carbocycles. The Hall–Kier alpha value is -3.90. The molecule has 1 fully saturated rings. The van der Waals surface area contributed by atoms with Crippen molar-refractivity contribution in [3.8, 4) is 5.75 Å². The Morgan fingerprint density at radius 2 is 1.65 bits per heavy atom. The van der Waals surface area contributed by atoms with Crippen LogP contribution in [0.3, 0.4) is 0 Å². The highest BCUT2D eigenvalue weighted by Crippen LogP contribution is 2.39. The molecule has 3 aromatic rings. The molecule has 1 aliphatic rings. The number of hydrogen-bond acceptors (Lipinski definition) is 5. The molecular formula is C31H34N2O4. The lowest BCUT2D eigenvalue weighted by Gasteiger charge is -2.28. The molecule has 1 atom stereocenters. The van der Waals surface area contributed by atoms with Crippen LogP contribution in [0.2, 0.25) is 0 Å². The monoisotopic (exact) mass is 498 g/mol. The van der Waals surface area contributed by atoms with E-state index in [0.29, 0.717) is 31.0 Å². The SMILES string of the molecule is CCN(CC)CCN1C(=O)C(=O)/C(=C(/O)c2ccc(OCc3cccc(C)c3)cc2)[C@@H]1c1ccccc1. The molecule has 1 saturated heterocycles. The minimum Gasteiger partial charge on any atom is -0.507 e. The molecule has 0 spiro atoms. The zero-order chi connectivity index (χ0) is 26.4. The van der Waals surface area contributed by atoms with Crippen molar-refractivity contribution >= 4 is 17.4 Å². The molecule has 0 saturated carbocycles. The zero-order valence-electron chi connectivity index (χ0n) is 21.7.